The van der Waals surface area contributed by atoms with E-state index in [1.165, 1.54) is 16.7 Å². The largest absolute Gasteiger partial charge is 0.120 e. The minimum absolute atomic E-state index is 0.804. The molecule has 0 saturated carbocycles. The quantitative estimate of drug-likeness (QED) is 0.668. The topological polar surface area (TPSA) is 0 Å². The third-order valence-corrected chi connectivity index (χ3v) is 2.59. The molecule has 0 N–H and O–H groups in total. The summed E-state index contributed by atoms with van der Waals surface area (Å²) in [6.45, 7) is 0. The third kappa shape index (κ3) is 2.52. The zero-order valence-corrected chi connectivity index (χ0v) is 9.19. The Morgan fingerprint density at radius 3 is 2.38 bits per heavy atom. The Kier molecular flexibility index (Phi) is 3.41. The second-order valence-electron chi connectivity index (χ2n) is 3.77. The van der Waals surface area contributed by atoms with Gasteiger partial charge in [-0.15, -0.1) is 12.3 Å². The van der Waals surface area contributed by atoms with Crippen LogP contribution in [0.25, 0.3) is 11.1 Å². The first-order chi connectivity index (χ1) is 7.90. The van der Waals surface area contributed by atoms with E-state index in [2.05, 4.69) is 54.5 Å². The Morgan fingerprint density at radius 1 is 0.875 bits per heavy atom. The third-order valence-electron chi connectivity index (χ3n) is 2.59. The van der Waals surface area contributed by atoms with E-state index in [1.807, 2.05) is 6.07 Å². The van der Waals surface area contributed by atoms with Gasteiger partial charge in [0.15, 0.2) is 0 Å². The van der Waals surface area contributed by atoms with Crippen molar-refractivity contribution in [2.75, 3.05) is 0 Å². The zero-order chi connectivity index (χ0) is 11.2. The molecule has 0 spiro atoms. The van der Waals surface area contributed by atoms with Gasteiger partial charge >= 0.3 is 0 Å². The monoisotopic (exact) mass is 206 g/mol. The van der Waals surface area contributed by atoms with Crippen molar-refractivity contribution in [1.82, 2.24) is 0 Å². The van der Waals surface area contributed by atoms with Crippen molar-refractivity contribution >= 4 is 0 Å². The molecule has 0 aromatic heterocycles. The van der Waals surface area contributed by atoms with Gasteiger partial charge in [0.1, 0.15) is 0 Å². The molecule has 2 aromatic carbocycles. The first kappa shape index (κ1) is 10.5. The van der Waals surface area contributed by atoms with Gasteiger partial charge in [0.2, 0.25) is 0 Å². The van der Waals surface area contributed by atoms with Crippen LogP contribution in [0.15, 0.2) is 54.6 Å². The van der Waals surface area contributed by atoms with Crippen molar-refractivity contribution in [1.29, 1.82) is 0 Å². The number of hydrogen-bond donors (Lipinski definition) is 0. The summed E-state index contributed by atoms with van der Waals surface area (Å²) in [5.74, 6) is 2.68. The summed E-state index contributed by atoms with van der Waals surface area (Å²) in [6, 6.07) is 19.0. The van der Waals surface area contributed by atoms with Crippen molar-refractivity contribution in [2.45, 2.75) is 12.8 Å². The Hall–Kier alpha value is -2.00. The van der Waals surface area contributed by atoms with E-state index in [1.54, 1.807) is 0 Å². The molecule has 0 aliphatic carbocycles. The van der Waals surface area contributed by atoms with Crippen LogP contribution in [0.3, 0.4) is 0 Å². The van der Waals surface area contributed by atoms with E-state index in [0.717, 1.165) is 12.8 Å². The zero-order valence-electron chi connectivity index (χ0n) is 9.19. The molecule has 0 amide bonds. The van der Waals surface area contributed by atoms with E-state index >= 15 is 0 Å². The fraction of sp³-hybridized carbons (Fsp3) is 0.125. The van der Waals surface area contributed by atoms with Crippen LogP contribution >= 0.6 is 0 Å². The average Bonchev–Trinajstić information content (AvgIpc) is 2.38. The molecule has 0 saturated heterocycles. The van der Waals surface area contributed by atoms with Crippen molar-refractivity contribution in [3.63, 3.8) is 0 Å². The summed E-state index contributed by atoms with van der Waals surface area (Å²) in [4.78, 5) is 0. The van der Waals surface area contributed by atoms with Gasteiger partial charge in [0.25, 0.3) is 0 Å². The van der Waals surface area contributed by atoms with E-state index in [4.69, 9.17) is 6.42 Å². The van der Waals surface area contributed by atoms with E-state index in [9.17, 15) is 0 Å². The molecule has 2 aromatic rings. The normalized spacial score (nSPS) is 9.69. The van der Waals surface area contributed by atoms with Gasteiger partial charge in [-0.25, -0.2) is 0 Å². The lowest BCUT2D eigenvalue weighted by Gasteiger charge is -2.04. The summed E-state index contributed by atoms with van der Waals surface area (Å²) in [5, 5.41) is 0. The van der Waals surface area contributed by atoms with Crippen LogP contribution in [0.1, 0.15) is 12.0 Å². The van der Waals surface area contributed by atoms with Crippen molar-refractivity contribution < 1.29 is 0 Å². The summed E-state index contributed by atoms with van der Waals surface area (Å²) in [6.07, 6.45) is 7.03. The van der Waals surface area contributed by atoms with Crippen molar-refractivity contribution in [2.24, 2.45) is 0 Å². The molecule has 16 heavy (non-hydrogen) atoms. The number of hydrogen-bond acceptors (Lipinski definition) is 0. The second kappa shape index (κ2) is 5.19. The van der Waals surface area contributed by atoms with Crippen LogP contribution < -0.4 is 0 Å². The fourth-order valence-electron chi connectivity index (χ4n) is 1.75. The lowest BCUT2D eigenvalue weighted by Crippen LogP contribution is -1.85. The highest BCUT2D eigenvalue weighted by atomic mass is 14.0. The molecule has 0 heteroatoms. The van der Waals surface area contributed by atoms with Gasteiger partial charge in [-0.05, 0) is 23.1 Å². The van der Waals surface area contributed by atoms with Crippen molar-refractivity contribution in [3.8, 4) is 23.5 Å². The molecule has 2 rings (SSSR count). The number of aryl methyl sites for hydroxylation is 1. The maximum atomic E-state index is 5.28. The highest BCUT2D eigenvalue weighted by molar-refractivity contribution is 5.63. The van der Waals surface area contributed by atoms with E-state index in [-0.39, 0.29) is 0 Å². The van der Waals surface area contributed by atoms with Gasteiger partial charge in [-0.2, -0.15) is 0 Å². The molecule has 78 valence electrons. The molecule has 0 unspecified atom stereocenters. The Morgan fingerprint density at radius 2 is 1.62 bits per heavy atom. The highest BCUT2D eigenvalue weighted by Crippen LogP contribution is 2.20. The van der Waals surface area contributed by atoms with Gasteiger partial charge in [-0.3, -0.25) is 0 Å². The lowest BCUT2D eigenvalue weighted by molar-refractivity contribution is 1.03. The maximum Gasteiger partial charge on any atom is 0.0127 e. The number of benzene rings is 2. The van der Waals surface area contributed by atoms with Gasteiger partial charge < -0.3 is 0 Å². The molecule has 0 aliphatic rings. The predicted octanol–water partition coefficient (Wildman–Crippen LogP) is 3.92. The Bertz CT molecular complexity index is 489. The summed E-state index contributed by atoms with van der Waals surface area (Å²) < 4.78 is 0. The standard InChI is InChI=1S/C16H14/c1-2-3-8-14-9-7-12-16(13-14)15-10-5-4-6-11-15/h1,4-7,9-13H,3,8H2. The minimum Gasteiger partial charge on any atom is -0.120 e. The molecular weight excluding hydrogens is 192 g/mol. The minimum atomic E-state index is 0.804. The second-order valence-corrected chi connectivity index (χ2v) is 3.77. The first-order valence-electron chi connectivity index (χ1n) is 5.48. The van der Waals surface area contributed by atoms with Crippen LogP contribution in [0, 0.1) is 12.3 Å². The molecule has 0 fully saturated rings. The molecule has 0 heterocycles. The van der Waals surface area contributed by atoms with Gasteiger partial charge in [-0.1, -0.05) is 54.6 Å². The number of terminal acetylenes is 1. The van der Waals surface area contributed by atoms with Gasteiger partial charge in [0, 0.05) is 6.42 Å². The highest BCUT2D eigenvalue weighted by Gasteiger charge is 1.97. The van der Waals surface area contributed by atoms with Crippen molar-refractivity contribution in [3.05, 3.63) is 60.2 Å². The Labute approximate surface area is 96.9 Å². The Balaban J connectivity index is 2.26. The van der Waals surface area contributed by atoms with E-state index in [0.29, 0.717) is 0 Å². The van der Waals surface area contributed by atoms with Crippen LogP contribution in [0.5, 0.6) is 0 Å². The molecule has 0 atom stereocenters. The summed E-state index contributed by atoms with van der Waals surface area (Å²) in [7, 11) is 0. The molecule has 0 radical (unpaired) electrons. The van der Waals surface area contributed by atoms with Crippen LogP contribution in [0.2, 0.25) is 0 Å². The van der Waals surface area contributed by atoms with E-state index < -0.39 is 0 Å². The maximum absolute atomic E-state index is 5.28. The smallest absolute Gasteiger partial charge is 0.0127 e. The summed E-state index contributed by atoms with van der Waals surface area (Å²) in [5.41, 5.74) is 3.82. The lowest BCUT2D eigenvalue weighted by atomic mass is 10.0. The molecule has 0 aliphatic heterocycles. The fourth-order valence-corrected chi connectivity index (χ4v) is 1.75. The summed E-state index contributed by atoms with van der Waals surface area (Å²) >= 11 is 0. The van der Waals surface area contributed by atoms with Crippen LogP contribution in [0.4, 0.5) is 0 Å². The first-order valence-corrected chi connectivity index (χ1v) is 5.48. The molecular formula is C16H14. The predicted molar refractivity (Wildman–Crippen MR) is 69.0 cm³/mol. The number of rotatable bonds is 3. The van der Waals surface area contributed by atoms with Gasteiger partial charge in [0.05, 0.1) is 0 Å². The SMILES string of the molecule is C#CCCc1cccc(-c2ccccc2)c1. The molecule has 0 nitrogen and oxygen atoms in total. The molecule has 0 bridgehead atoms. The van der Waals surface area contributed by atoms with Crippen LogP contribution in [-0.2, 0) is 6.42 Å². The van der Waals surface area contributed by atoms with Crippen LogP contribution in [-0.4, -0.2) is 0 Å². The average molecular weight is 206 g/mol.